The Balaban J connectivity index is 3.15. The third kappa shape index (κ3) is 9.28. The molecule has 2 N–H and O–H groups in total. The fourth-order valence-corrected chi connectivity index (χ4v) is 0.706. The van der Waals surface area contributed by atoms with Crippen molar-refractivity contribution in [3.8, 4) is 0 Å². The van der Waals surface area contributed by atoms with Gasteiger partial charge in [0, 0.05) is 13.1 Å². The van der Waals surface area contributed by atoms with Crippen molar-refractivity contribution >= 4 is 6.09 Å². The molecule has 0 aliphatic heterocycles. The lowest BCUT2D eigenvalue weighted by Crippen LogP contribution is -2.31. The molecule has 0 atom stereocenters. The van der Waals surface area contributed by atoms with Crippen molar-refractivity contribution < 1.29 is 14.4 Å². The minimum Gasteiger partial charge on any atom is -0.447 e. The quantitative estimate of drug-likeness (QED) is 0.481. The van der Waals surface area contributed by atoms with E-state index in [0.717, 1.165) is 13.0 Å². The number of hydrogen-bond donors (Lipinski definition) is 2. The average molecular weight is 204 g/mol. The molecule has 0 aromatic carbocycles. The van der Waals surface area contributed by atoms with Gasteiger partial charge < -0.3 is 10.1 Å². The van der Waals surface area contributed by atoms with Crippen molar-refractivity contribution in [2.45, 2.75) is 33.3 Å². The number of hydrogen-bond acceptors (Lipinski definition) is 4. The summed E-state index contributed by atoms with van der Waals surface area (Å²) in [6.07, 6.45) is 0.524. The summed E-state index contributed by atoms with van der Waals surface area (Å²) in [6, 6.07) is 0. The summed E-state index contributed by atoms with van der Waals surface area (Å²) in [6.45, 7) is 7.36. The van der Waals surface area contributed by atoms with Crippen LogP contribution in [0, 0.1) is 0 Å². The van der Waals surface area contributed by atoms with E-state index in [9.17, 15) is 4.79 Å². The Kier molecular flexibility index (Phi) is 8.27. The molecule has 0 aliphatic carbocycles. The molecule has 0 spiro atoms. The summed E-state index contributed by atoms with van der Waals surface area (Å²) >= 11 is 0. The Morgan fingerprint density at radius 3 is 2.64 bits per heavy atom. The van der Waals surface area contributed by atoms with E-state index in [2.05, 4.69) is 17.7 Å². The molecule has 84 valence electrons. The molecule has 0 fully saturated rings. The van der Waals surface area contributed by atoms with Gasteiger partial charge in [-0.25, -0.2) is 10.3 Å². The predicted molar refractivity (Wildman–Crippen MR) is 53.9 cm³/mol. The second-order valence-electron chi connectivity index (χ2n) is 3.12. The molecule has 14 heavy (non-hydrogen) atoms. The zero-order chi connectivity index (χ0) is 10.8. The second-order valence-corrected chi connectivity index (χ2v) is 3.12. The van der Waals surface area contributed by atoms with E-state index in [1.165, 1.54) is 0 Å². The standard InChI is InChI=1S/C9H20N2O3/c1-4-5-11-13-7-6-10-9(12)14-8(2)3/h8,11H,4-7H2,1-3H3,(H,10,12). The van der Waals surface area contributed by atoms with Crippen LogP contribution in [0.15, 0.2) is 0 Å². The molecular formula is C9H20N2O3. The minimum absolute atomic E-state index is 0.0888. The number of alkyl carbamates (subject to hydrolysis) is 1. The predicted octanol–water partition coefficient (Wildman–Crippen LogP) is 1.05. The summed E-state index contributed by atoms with van der Waals surface area (Å²) in [5.74, 6) is 0. The van der Waals surface area contributed by atoms with Crippen LogP contribution in [0.25, 0.3) is 0 Å². The number of nitrogens with one attached hydrogen (secondary N) is 2. The largest absolute Gasteiger partial charge is 0.447 e. The smallest absolute Gasteiger partial charge is 0.407 e. The van der Waals surface area contributed by atoms with Gasteiger partial charge in [0.05, 0.1) is 12.7 Å². The number of rotatable bonds is 7. The van der Waals surface area contributed by atoms with Gasteiger partial charge in [0.1, 0.15) is 0 Å². The Labute approximate surface area is 85.1 Å². The fraction of sp³-hybridized carbons (Fsp3) is 0.889. The Hall–Kier alpha value is -0.810. The van der Waals surface area contributed by atoms with Crippen molar-refractivity contribution in [3.63, 3.8) is 0 Å². The third-order valence-corrected chi connectivity index (χ3v) is 1.27. The van der Waals surface area contributed by atoms with Crippen molar-refractivity contribution in [2.75, 3.05) is 19.7 Å². The molecule has 0 bridgehead atoms. The Morgan fingerprint density at radius 2 is 2.07 bits per heavy atom. The Morgan fingerprint density at radius 1 is 1.36 bits per heavy atom. The lowest BCUT2D eigenvalue weighted by molar-refractivity contribution is 0.0415. The van der Waals surface area contributed by atoms with Crippen LogP contribution in [-0.4, -0.2) is 31.9 Å². The first-order chi connectivity index (χ1) is 6.66. The van der Waals surface area contributed by atoms with Gasteiger partial charge in [-0.3, -0.25) is 4.84 Å². The maximum atomic E-state index is 10.9. The van der Waals surface area contributed by atoms with Gasteiger partial charge in [-0.05, 0) is 20.3 Å². The van der Waals surface area contributed by atoms with E-state index >= 15 is 0 Å². The maximum absolute atomic E-state index is 10.9. The van der Waals surface area contributed by atoms with Crippen LogP contribution in [0.3, 0.4) is 0 Å². The molecule has 0 radical (unpaired) electrons. The van der Waals surface area contributed by atoms with E-state index in [1.807, 2.05) is 0 Å². The molecule has 0 aromatic rings. The van der Waals surface area contributed by atoms with Gasteiger partial charge in [-0.15, -0.1) is 0 Å². The number of ether oxygens (including phenoxy) is 1. The number of carbonyl (C=O) groups is 1. The van der Waals surface area contributed by atoms with Crippen LogP contribution in [0.5, 0.6) is 0 Å². The van der Waals surface area contributed by atoms with Crippen molar-refractivity contribution in [2.24, 2.45) is 0 Å². The number of hydroxylamine groups is 1. The first kappa shape index (κ1) is 13.2. The maximum Gasteiger partial charge on any atom is 0.407 e. The first-order valence-electron chi connectivity index (χ1n) is 4.96. The molecule has 5 nitrogen and oxygen atoms in total. The second kappa shape index (κ2) is 8.77. The van der Waals surface area contributed by atoms with Crippen molar-refractivity contribution in [1.29, 1.82) is 0 Å². The van der Waals surface area contributed by atoms with Crippen LogP contribution in [-0.2, 0) is 9.57 Å². The van der Waals surface area contributed by atoms with Crippen LogP contribution in [0.1, 0.15) is 27.2 Å². The van der Waals surface area contributed by atoms with E-state index < -0.39 is 6.09 Å². The number of carbonyl (C=O) groups excluding carboxylic acids is 1. The van der Waals surface area contributed by atoms with E-state index in [0.29, 0.717) is 13.2 Å². The number of amides is 1. The minimum atomic E-state index is -0.404. The summed E-state index contributed by atoms with van der Waals surface area (Å²) < 4.78 is 4.85. The Bertz CT molecular complexity index is 151. The lowest BCUT2D eigenvalue weighted by Gasteiger charge is -2.09. The molecular weight excluding hydrogens is 184 g/mol. The van der Waals surface area contributed by atoms with E-state index in [1.54, 1.807) is 13.8 Å². The van der Waals surface area contributed by atoms with E-state index in [4.69, 9.17) is 9.57 Å². The zero-order valence-electron chi connectivity index (χ0n) is 9.13. The molecule has 1 amide bonds. The van der Waals surface area contributed by atoms with Gasteiger partial charge in [0.15, 0.2) is 0 Å². The molecule has 0 saturated carbocycles. The van der Waals surface area contributed by atoms with Gasteiger partial charge in [-0.2, -0.15) is 0 Å². The van der Waals surface area contributed by atoms with Gasteiger partial charge in [-0.1, -0.05) is 6.92 Å². The molecule has 0 aromatic heterocycles. The van der Waals surface area contributed by atoms with Crippen molar-refractivity contribution in [3.05, 3.63) is 0 Å². The highest BCUT2D eigenvalue weighted by molar-refractivity contribution is 5.67. The zero-order valence-corrected chi connectivity index (χ0v) is 9.13. The van der Waals surface area contributed by atoms with Crippen LogP contribution in [0.4, 0.5) is 4.79 Å². The van der Waals surface area contributed by atoms with Gasteiger partial charge in [0.2, 0.25) is 0 Å². The summed E-state index contributed by atoms with van der Waals surface area (Å²) in [5, 5.41) is 2.56. The van der Waals surface area contributed by atoms with Gasteiger partial charge >= 0.3 is 6.09 Å². The van der Waals surface area contributed by atoms with Crippen LogP contribution in [0.2, 0.25) is 0 Å². The highest BCUT2D eigenvalue weighted by Gasteiger charge is 2.02. The SMILES string of the molecule is CCCNOCCNC(=O)OC(C)C. The third-order valence-electron chi connectivity index (χ3n) is 1.27. The first-order valence-corrected chi connectivity index (χ1v) is 4.96. The fourth-order valence-electron chi connectivity index (χ4n) is 0.706. The highest BCUT2D eigenvalue weighted by Crippen LogP contribution is 1.87. The molecule has 0 heterocycles. The molecule has 5 heteroatoms. The summed E-state index contributed by atoms with van der Waals surface area (Å²) in [5.41, 5.74) is 2.76. The molecule has 0 aliphatic rings. The molecule has 0 saturated heterocycles. The topological polar surface area (TPSA) is 59.6 Å². The highest BCUT2D eigenvalue weighted by atomic mass is 16.6. The van der Waals surface area contributed by atoms with Crippen molar-refractivity contribution in [1.82, 2.24) is 10.8 Å². The van der Waals surface area contributed by atoms with Gasteiger partial charge in [0.25, 0.3) is 0 Å². The summed E-state index contributed by atoms with van der Waals surface area (Å²) in [4.78, 5) is 15.9. The summed E-state index contributed by atoms with van der Waals surface area (Å²) in [7, 11) is 0. The normalized spacial score (nSPS) is 10.3. The van der Waals surface area contributed by atoms with Crippen LogP contribution >= 0.6 is 0 Å². The average Bonchev–Trinajstić information content (AvgIpc) is 2.10. The van der Waals surface area contributed by atoms with E-state index in [-0.39, 0.29) is 6.10 Å². The lowest BCUT2D eigenvalue weighted by atomic mass is 10.5. The molecule has 0 rings (SSSR count). The monoisotopic (exact) mass is 204 g/mol. The molecule has 0 unspecified atom stereocenters. The van der Waals surface area contributed by atoms with Crippen LogP contribution < -0.4 is 10.8 Å².